The lowest BCUT2D eigenvalue weighted by Crippen LogP contribution is -2.39. The highest BCUT2D eigenvalue weighted by molar-refractivity contribution is 6.42. The molecule has 0 spiro atoms. The molecule has 1 aromatic heterocycles. The summed E-state index contributed by atoms with van der Waals surface area (Å²) in [7, 11) is 0. The van der Waals surface area contributed by atoms with Crippen LogP contribution in [0.1, 0.15) is 12.6 Å². The molecule has 5 nitrogen and oxygen atoms in total. The average molecular weight is 352 g/mol. The number of nitrogens with zero attached hydrogens (tertiary/aromatic N) is 2. The van der Waals surface area contributed by atoms with Gasteiger partial charge in [0.15, 0.2) is 0 Å². The normalized spacial score (nSPS) is 10.2. The molecule has 2 amide bonds. The fraction of sp³-hybridized carbons (Fsp3) is 0.188. The Morgan fingerprint density at radius 2 is 1.96 bits per heavy atom. The van der Waals surface area contributed by atoms with Gasteiger partial charge in [-0.25, -0.2) is 0 Å². The number of aromatic nitrogens is 1. The molecule has 0 atom stereocenters. The number of hydrogen-bond acceptors (Lipinski definition) is 3. The lowest BCUT2D eigenvalue weighted by atomic mass is 10.2. The Balaban J connectivity index is 2.02. The van der Waals surface area contributed by atoms with Crippen molar-refractivity contribution in [3.63, 3.8) is 0 Å². The van der Waals surface area contributed by atoms with Crippen LogP contribution in [-0.2, 0) is 16.1 Å². The Morgan fingerprint density at radius 3 is 2.57 bits per heavy atom. The first kappa shape index (κ1) is 17.2. The second-order valence-corrected chi connectivity index (χ2v) is 5.62. The van der Waals surface area contributed by atoms with Crippen LogP contribution in [0, 0.1) is 0 Å². The molecule has 7 heteroatoms. The number of pyridine rings is 1. The van der Waals surface area contributed by atoms with Crippen LogP contribution in [0.15, 0.2) is 42.6 Å². The van der Waals surface area contributed by atoms with E-state index in [0.717, 1.165) is 5.69 Å². The number of carbonyl (C=O) groups excluding carboxylic acids is 2. The van der Waals surface area contributed by atoms with Crippen molar-refractivity contribution in [1.29, 1.82) is 0 Å². The molecule has 1 heterocycles. The predicted molar refractivity (Wildman–Crippen MR) is 90.6 cm³/mol. The smallest absolute Gasteiger partial charge is 0.240 e. The van der Waals surface area contributed by atoms with E-state index < -0.39 is 0 Å². The van der Waals surface area contributed by atoms with Crippen LogP contribution < -0.4 is 10.2 Å². The topological polar surface area (TPSA) is 62.3 Å². The van der Waals surface area contributed by atoms with E-state index in [0.29, 0.717) is 22.3 Å². The molecular formula is C16H15Cl2N3O2. The van der Waals surface area contributed by atoms with E-state index in [1.54, 1.807) is 30.5 Å². The van der Waals surface area contributed by atoms with Crippen LogP contribution in [0.4, 0.5) is 5.69 Å². The van der Waals surface area contributed by atoms with Gasteiger partial charge in [0, 0.05) is 18.8 Å². The second kappa shape index (κ2) is 7.94. The minimum Gasteiger partial charge on any atom is -0.349 e. The van der Waals surface area contributed by atoms with E-state index in [-0.39, 0.29) is 18.4 Å². The third kappa shape index (κ3) is 4.94. The number of hydrogen-bond donors (Lipinski definition) is 1. The first-order valence-corrected chi connectivity index (χ1v) is 7.62. The Hall–Kier alpha value is -2.11. The van der Waals surface area contributed by atoms with Crippen LogP contribution in [0.25, 0.3) is 0 Å². The summed E-state index contributed by atoms with van der Waals surface area (Å²) >= 11 is 11.8. The first-order valence-electron chi connectivity index (χ1n) is 6.87. The van der Waals surface area contributed by atoms with Crippen molar-refractivity contribution in [1.82, 2.24) is 10.3 Å². The van der Waals surface area contributed by atoms with E-state index in [4.69, 9.17) is 23.2 Å². The summed E-state index contributed by atoms with van der Waals surface area (Å²) in [5.41, 5.74) is 1.25. The summed E-state index contributed by atoms with van der Waals surface area (Å²) in [6.45, 7) is 1.57. The number of amides is 2. The highest BCUT2D eigenvalue weighted by Gasteiger charge is 2.16. The van der Waals surface area contributed by atoms with Crippen molar-refractivity contribution >= 4 is 40.7 Å². The summed E-state index contributed by atoms with van der Waals surface area (Å²) in [6.07, 6.45) is 1.65. The Bertz CT molecular complexity index is 708. The Morgan fingerprint density at radius 1 is 1.17 bits per heavy atom. The van der Waals surface area contributed by atoms with Gasteiger partial charge < -0.3 is 10.2 Å². The van der Waals surface area contributed by atoms with Gasteiger partial charge in [-0.05, 0) is 30.3 Å². The van der Waals surface area contributed by atoms with E-state index in [1.807, 2.05) is 12.1 Å². The average Bonchev–Trinajstić information content (AvgIpc) is 2.54. The summed E-state index contributed by atoms with van der Waals surface area (Å²) in [4.78, 5) is 29.3. The second-order valence-electron chi connectivity index (χ2n) is 4.80. The highest BCUT2D eigenvalue weighted by atomic mass is 35.5. The molecule has 0 aliphatic carbocycles. The molecule has 0 aliphatic heterocycles. The maximum Gasteiger partial charge on any atom is 0.240 e. The van der Waals surface area contributed by atoms with Gasteiger partial charge >= 0.3 is 0 Å². The maximum atomic E-state index is 12.1. The molecule has 0 aliphatic rings. The molecule has 0 fully saturated rings. The third-order valence-corrected chi connectivity index (χ3v) is 3.83. The first-order chi connectivity index (χ1) is 11.0. The van der Waals surface area contributed by atoms with Gasteiger partial charge in [-0.15, -0.1) is 0 Å². The van der Waals surface area contributed by atoms with Crippen molar-refractivity contribution in [3.05, 3.63) is 58.3 Å². The van der Waals surface area contributed by atoms with Crippen LogP contribution in [0.2, 0.25) is 10.0 Å². The van der Waals surface area contributed by atoms with E-state index in [1.165, 1.54) is 11.8 Å². The van der Waals surface area contributed by atoms with Gasteiger partial charge in [0.2, 0.25) is 11.8 Å². The fourth-order valence-corrected chi connectivity index (χ4v) is 2.22. The lowest BCUT2D eigenvalue weighted by Gasteiger charge is -2.21. The molecular weight excluding hydrogens is 337 g/mol. The minimum absolute atomic E-state index is 0.111. The molecule has 0 unspecified atom stereocenters. The molecule has 1 N–H and O–H groups in total. The Kier molecular flexibility index (Phi) is 5.96. The molecule has 23 heavy (non-hydrogen) atoms. The van der Waals surface area contributed by atoms with Gasteiger partial charge in [-0.1, -0.05) is 29.3 Å². The van der Waals surface area contributed by atoms with Gasteiger partial charge in [0.25, 0.3) is 0 Å². The lowest BCUT2D eigenvalue weighted by molar-refractivity contribution is -0.123. The van der Waals surface area contributed by atoms with Crippen molar-refractivity contribution < 1.29 is 9.59 Å². The van der Waals surface area contributed by atoms with Gasteiger partial charge in [-0.2, -0.15) is 0 Å². The van der Waals surface area contributed by atoms with Crippen molar-refractivity contribution in [2.24, 2.45) is 0 Å². The summed E-state index contributed by atoms with van der Waals surface area (Å²) in [5.74, 6) is -0.562. The van der Waals surface area contributed by atoms with Crippen LogP contribution >= 0.6 is 23.2 Å². The molecule has 2 aromatic rings. The maximum absolute atomic E-state index is 12.1. The minimum atomic E-state index is -0.295. The summed E-state index contributed by atoms with van der Waals surface area (Å²) in [6, 6.07) is 10.2. The van der Waals surface area contributed by atoms with E-state index in [2.05, 4.69) is 10.3 Å². The number of anilines is 1. The molecule has 1 aromatic carbocycles. The number of benzene rings is 1. The van der Waals surface area contributed by atoms with Crippen LogP contribution in [0.5, 0.6) is 0 Å². The van der Waals surface area contributed by atoms with Crippen molar-refractivity contribution in [3.8, 4) is 0 Å². The number of carbonyl (C=O) groups is 2. The predicted octanol–water partition coefficient (Wildman–Crippen LogP) is 3.06. The zero-order valence-corrected chi connectivity index (χ0v) is 13.9. The van der Waals surface area contributed by atoms with E-state index >= 15 is 0 Å². The molecule has 2 rings (SSSR count). The monoisotopic (exact) mass is 351 g/mol. The number of nitrogens with one attached hydrogen (secondary N) is 1. The van der Waals surface area contributed by atoms with Crippen molar-refractivity contribution in [2.45, 2.75) is 13.5 Å². The quantitative estimate of drug-likeness (QED) is 0.900. The number of rotatable bonds is 5. The highest BCUT2D eigenvalue weighted by Crippen LogP contribution is 2.27. The molecule has 0 radical (unpaired) electrons. The number of halogens is 2. The van der Waals surface area contributed by atoms with Crippen LogP contribution in [-0.4, -0.2) is 23.3 Å². The van der Waals surface area contributed by atoms with Crippen LogP contribution in [0.3, 0.4) is 0 Å². The molecule has 0 saturated carbocycles. The SMILES string of the molecule is CC(=O)N(CC(=O)NCc1ccccn1)c1ccc(Cl)c(Cl)c1. The molecule has 0 saturated heterocycles. The zero-order valence-electron chi connectivity index (χ0n) is 12.4. The fourth-order valence-electron chi connectivity index (χ4n) is 1.93. The standard InChI is InChI=1S/C16H15Cl2N3O2/c1-11(22)21(13-5-6-14(17)15(18)8-13)10-16(23)20-9-12-4-2-3-7-19-12/h2-8H,9-10H2,1H3,(H,20,23). The summed E-state index contributed by atoms with van der Waals surface area (Å²) in [5, 5.41) is 3.44. The zero-order chi connectivity index (χ0) is 16.8. The largest absolute Gasteiger partial charge is 0.349 e. The Labute approximate surface area is 144 Å². The molecule has 0 bridgehead atoms. The third-order valence-electron chi connectivity index (χ3n) is 3.09. The summed E-state index contributed by atoms with van der Waals surface area (Å²) < 4.78 is 0. The van der Waals surface area contributed by atoms with Crippen molar-refractivity contribution in [2.75, 3.05) is 11.4 Å². The van der Waals surface area contributed by atoms with E-state index in [9.17, 15) is 9.59 Å². The molecule has 120 valence electrons. The van der Waals surface area contributed by atoms with Gasteiger partial charge in [-0.3, -0.25) is 14.6 Å². The van der Waals surface area contributed by atoms with Gasteiger partial charge in [0.05, 0.1) is 22.3 Å². The van der Waals surface area contributed by atoms with Gasteiger partial charge in [0.1, 0.15) is 6.54 Å².